The molecule has 2 N–H and O–H groups in total. The molecule has 0 radical (unpaired) electrons. The van der Waals surface area contributed by atoms with E-state index in [1.165, 1.54) is 0 Å². The second-order valence-electron chi connectivity index (χ2n) is 9.27. The second-order valence-corrected chi connectivity index (χ2v) is 9.27. The van der Waals surface area contributed by atoms with Crippen molar-refractivity contribution in [2.45, 2.75) is 39.2 Å². The number of hydrogen-bond acceptors (Lipinski definition) is 6. The standard InChI is InChI=1S/C28H37N3O6/c1-5-6-7-8-13-29-25(32)19-31(15-14-30-27(33)28(31)34)18-20-9-11-21(12-10-20)22-16-23(35-2)26(37-4)24(17-22)36-3/h9-12,16-17H,5-8,13-15,18-19H2,1-4H3,(H-,29,30,32,33)/p+1. The lowest BCUT2D eigenvalue weighted by Crippen LogP contribution is -2.66. The van der Waals surface area contributed by atoms with Gasteiger partial charge in [-0.2, -0.15) is 0 Å². The summed E-state index contributed by atoms with van der Waals surface area (Å²) in [7, 11) is 4.70. The molecule has 1 saturated heterocycles. The summed E-state index contributed by atoms with van der Waals surface area (Å²) in [5.41, 5.74) is 2.65. The van der Waals surface area contributed by atoms with Crippen LogP contribution in [0.15, 0.2) is 36.4 Å². The molecule has 0 aliphatic carbocycles. The van der Waals surface area contributed by atoms with Crippen molar-refractivity contribution in [1.29, 1.82) is 0 Å². The summed E-state index contributed by atoms with van der Waals surface area (Å²) in [6.07, 6.45) is 4.20. The normalized spacial score (nSPS) is 17.2. The molecule has 1 atom stereocenters. The number of benzene rings is 2. The monoisotopic (exact) mass is 512 g/mol. The summed E-state index contributed by atoms with van der Waals surface area (Å²) in [6.45, 7) is 3.61. The third kappa shape index (κ3) is 6.80. The van der Waals surface area contributed by atoms with Crippen molar-refractivity contribution < 1.29 is 33.1 Å². The Labute approximate surface area is 218 Å². The molecule has 1 unspecified atom stereocenters. The third-order valence-electron chi connectivity index (χ3n) is 6.69. The Morgan fingerprint density at radius 1 is 0.946 bits per heavy atom. The average molecular weight is 513 g/mol. The summed E-state index contributed by atoms with van der Waals surface area (Å²) in [4.78, 5) is 38.1. The van der Waals surface area contributed by atoms with E-state index in [1.54, 1.807) is 21.3 Å². The first kappa shape index (κ1) is 28.0. The molecule has 1 heterocycles. The molecule has 2 aromatic rings. The Kier molecular flexibility index (Phi) is 9.91. The fourth-order valence-electron chi connectivity index (χ4n) is 4.64. The van der Waals surface area contributed by atoms with Gasteiger partial charge < -0.3 is 24.8 Å². The smallest absolute Gasteiger partial charge is 0.404 e. The van der Waals surface area contributed by atoms with E-state index in [0.717, 1.165) is 42.4 Å². The van der Waals surface area contributed by atoms with Gasteiger partial charge in [-0.3, -0.25) is 9.59 Å². The number of ether oxygens (including phenoxy) is 3. The first-order chi connectivity index (χ1) is 17.9. The number of rotatable bonds is 13. The molecule has 0 bridgehead atoms. The number of amides is 3. The number of piperazine rings is 1. The summed E-state index contributed by atoms with van der Waals surface area (Å²) in [5.74, 6) is 0.181. The van der Waals surface area contributed by atoms with Gasteiger partial charge in [0.25, 0.3) is 5.91 Å². The van der Waals surface area contributed by atoms with Crippen molar-refractivity contribution in [2.24, 2.45) is 0 Å². The highest BCUT2D eigenvalue weighted by Gasteiger charge is 2.46. The molecular weight excluding hydrogens is 474 g/mol. The van der Waals surface area contributed by atoms with Gasteiger partial charge in [-0.15, -0.1) is 0 Å². The fourth-order valence-corrected chi connectivity index (χ4v) is 4.64. The van der Waals surface area contributed by atoms with Crippen LogP contribution < -0.4 is 24.8 Å². The van der Waals surface area contributed by atoms with E-state index in [1.807, 2.05) is 36.4 Å². The van der Waals surface area contributed by atoms with Crippen LogP contribution in [0.3, 0.4) is 0 Å². The minimum Gasteiger partial charge on any atom is -0.493 e. The van der Waals surface area contributed by atoms with E-state index in [0.29, 0.717) is 36.9 Å². The van der Waals surface area contributed by atoms with Gasteiger partial charge in [0.05, 0.1) is 27.9 Å². The van der Waals surface area contributed by atoms with Gasteiger partial charge in [0.15, 0.2) is 18.0 Å². The van der Waals surface area contributed by atoms with Crippen molar-refractivity contribution in [1.82, 2.24) is 10.6 Å². The third-order valence-corrected chi connectivity index (χ3v) is 6.69. The average Bonchev–Trinajstić information content (AvgIpc) is 2.91. The molecule has 37 heavy (non-hydrogen) atoms. The van der Waals surface area contributed by atoms with Crippen molar-refractivity contribution in [3.05, 3.63) is 42.0 Å². The van der Waals surface area contributed by atoms with E-state index >= 15 is 0 Å². The van der Waals surface area contributed by atoms with Crippen LogP contribution in [0.5, 0.6) is 17.2 Å². The largest absolute Gasteiger partial charge is 0.493 e. The minimum atomic E-state index is -0.643. The molecular formula is C28H38N3O6+. The first-order valence-corrected chi connectivity index (χ1v) is 12.7. The molecule has 3 amide bonds. The van der Waals surface area contributed by atoms with Gasteiger partial charge in [0, 0.05) is 12.1 Å². The van der Waals surface area contributed by atoms with Crippen LogP contribution in [0.1, 0.15) is 38.2 Å². The number of carbonyl (C=O) groups excluding carboxylic acids is 3. The van der Waals surface area contributed by atoms with Crippen molar-refractivity contribution in [3.63, 3.8) is 0 Å². The Morgan fingerprint density at radius 3 is 2.22 bits per heavy atom. The van der Waals surface area contributed by atoms with Crippen LogP contribution in [0.4, 0.5) is 0 Å². The Hall–Kier alpha value is -3.59. The lowest BCUT2D eigenvalue weighted by molar-refractivity contribution is -0.857. The van der Waals surface area contributed by atoms with Crippen LogP contribution in [0, 0.1) is 0 Å². The quantitative estimate of drug-likeness (QED) is 0.243. The van der Waals surface area contributed by atoms with E-state index < -0.39 is 11.8 Å². The Bertz CT molecular complexity index is 1080. The lowest BCUT2D eigenvalue weighted by atomic mass is 10.0. The van der Waals surface area contributed by atoms with Crippen LogP contribution >= 0.6 is 0 Å². The molecule has 0 aromatic heterocycles. The number of hydrogen-bond donors (Lipinski definition) is 2. The first-order valence-electron chi connectivity index (χ1n) is 12.7. The zero-order valence-corrected chi connectivity index (χ0v) is 22.2. The Balaban J connectivity index is 1.80. The van der Waals surface area contributed by atoms with Gasteiger partial charge in [-0.1, -0.05) is 50.5 Å². The van der Waals surface area contributed by atoms with E-state index in [9.17, 15) is 14.4 Å². The highest BCUT2D eigenvalue weighted by atomic mass is 16.5. The highest BCUT2D eigenvalue weighted by molar-refractivity contribution is 6.32. The van der Waals surface area contributed by atoms with Gasteiger partial charge in [-0.25, -0.2) is 9.28 Å². The summed E-state index contributed by atoms with van der Waals surface area (Å²) < 4.78 is 16.1. The number of carbonyl (C=O) groups is 3. The molecule has 9 nitrogen and oxygen atoms in total. The number of nitrogens with one attached hydrogen (secondary N) is 2. The van der Waals surface area contributed by atoms with E-state index in [4.69, 9.17) is 14.2 Å². The summed E-state index contributed by atoms with van der Waals surface area (Å²) >= 11 is 0. The molecule has 2 aromatic carbocycles. The van der Waals surface area contributed by atoms with E-state index in [2.05, 4.69) is 17.6 Å². The molecule has 1 aliphatic heterocycles. The zero-order chi connectivity index (χ0) is 26.8. The molecule has 200 valence electrons. The van der Waals surface area contributed by atoms with Crippen molar-refractivity contribution in [2.75, 3.05) is 47.5 Å². The SMILES string of the molecule is CCCCCCNC(=O)C[N+]1(Cc2ccc(-c3cc(OC)c(OC)c(OC)c3)cc2)CCNC(=O)C1=O. The lowest BCUT2D eigenvalue weighted by Gasteiger charge is -2.37. The number of methoxy groups -OCH3 is 3. The maximum Gasteiger partial charge on any atom is 0.404 e. The molecule has 3 rings (SSSR count). The van der Waals surface area contributed by atoms with Crippen molar-refractivity contribution in [3.8, 4) is 28.4 Å². The van der Waals surface area contributed by atoms with Crippen LogP contribution in [0.2, 0.25) is 0 Å². The number of nitrogens with zero attached hydrogens (tertiary/aromatic N) is 1. The van der Waals surface area contributed by atoms with E-state index in [-0.39, 0.29) is 23.5 Å². The topological polar surface area (TPSA) is 103 Å². The molecule has 1 aliphatic rings. The van der Waals surface area contributed by atoms with Gasteiger partial charge in [0.2, 0.25) is 5.75 Å². The molecule has 1 fully saturated rings. The maximum absolute atomic E-state index is 13.0. The number of unbranched alkanes of at least 4 members (excludes halogenated alkanes) is 3. The fraction of sp³-hybridized carbons (Fsp3) is 0.464. The molecule has 0 saturated carbocycles. The van der Waals surface area contributed by atoms with Crippen LogP contribution in [-0.4, -0.2) is 69.7 Å². The molecule has 9 heteroatoms. The molecule has 0 spiro atoms. The Morgan fingerprint density at radius 2 is 1.62 bits per heavy atom. The van der Waals surface area contributed by atoms with Gasteiger partial charge in [0.1, 0.15) is 13.1 Å². The summed E-state index contributed by atoms with van der Waals surface area (Å²) in [6, 6.07) is 11.5. The van der Waals surface area contributed by atoms with Gasteiger partial charge in [-0.05, 0) is 29.7 Å². The van der Waals surface area contributed by atoms with Crippen LogP contribution in [0.25, 0.3) is 11.1 Å². The van der Waals surface area contributed by atoms with Crippen LogP contribution in [-0.2, 0) is 20.9 Å². The zero-order valence-electron chi connectivity index (χ0n) is 22.2. The highest BCUT2D eigenvalue weighted by Crippen LogP contribution is 2.41. The van der Waals surface area contributed by atoms with Crippen molar-refractivity contribution >= 4 is 17.7 Å². The van der Waals surface area contributed by atoms with Gasteiger partial charge >= 0.3 is 11.8 Å². The predicted molar refractivity (Wildman–Crippen MR) is 140 cm³/mol. The minimum absolute atomic E-state index is 0.0609. The maximum atomic E-state index is 13.0. The summed E-state index contributed by atoms with van der Waals surface area (Å²) in [5, 5.41) is 5.53. The predicted octanol–water partition coefficient (Wildman–Crippen LogP) is 3.05. The second kappa shape index (κ2) is 13.1. The number of quaternary nitrogens is 1.